The lowest BCUT2D eigenvalue weighted by Gasteiger charge is -2.20. The van der Waals surface area contributed by atoms with Crippen molar-refractivity contribution in [3.63, 3.8) is 0 Å². The molecule has 0 radical (unpaired) electrons. The first-order valence-electron chi connectivity index (χ1n) is 13.6. The first kappa shape index (κ1) is 29.1. The van der Waals surface area contributed by atoms with Crippen LogP contribution in [-0.2, 0) is 17.7 Å². The predicted octanol–water partition coefficient (Wildman–Crippen LogP) is 6.80. The average molecular weight is 562 g/mol. The van der Waals surface area contributed by atoms with Crippen molar-refractivity contribution in [2.24, 2.45) is 0 Å². The summed E-state index contributed by atoms with van der Waals surface area (Å²) in [4.78, 5) is 34.6. The number of carbonyl (C=O) groups excluding carboxylic acids is 2. The number of benzene rings is 2. The molecule has 0 atom stereocenters. The van der Waals surface area contributed by atoms with Crippen LogP contribution in [0.4, 0.5) is 10.6 Å². The smallest absolute Gasteiger partial charge is 0.339 e. The van der Waals surface area contributed by atoms with E-state index in [-0.39, 0.29) is 12.0 Å². The van der Waals surface area contributed by atoms with Crippen LogP contribution in [0.3, 0.4) is 0 Å². The molecule has 2 amide bonds. The molecular formula is C31H36ClN5O3. The Balaban J connectivity index is 1.59. The van der Waals surface area contributed by atoms with Crippen LogP contribution in [-0.4, -0.2) is 44.6 Å². The van der Waals surface area contributed by atoms with Gasteiger partial charge in [-0.05, 0) is 68.5 Å². The van der Waals surface area contributed by atoms with E-state index in [4.69, 9.17) is 26.3 Å². The van der Waals surface area contributed by atoms with Crippen LogP contribution in [0.2, 0.25) is 0 Å². The molecule has 2 N–H and O–H groups in total. The normalized spacial score (nSPS) is 11.4. The maximum absolute atomic E-state index is 12.8. The summed E-state index contributed by atoms with van der Waals surface area (Å²) in [5, 5.41) is 5.57. The van der Waals surface area contributed by atoms with E-state index in [1.807, 2.05) is 57.2 Å². The van der Waals surface area contributed by atoms with E-state index in [0.717, 1.165) is 40.9 Å². The number of imidazole rings is 1. The molecule has 0 aliphatic heterocycles. The minimum Gasteiger partial charge on any atom is -0.456 e. The molecule has 0 fully saturated rings. The van der Waals surface area contributed by atoms with Gasteiger partial charge >= 0.3 is 12.0 Å². The summed E-state index contributed by atoms with van der Waals surface area (Å²) < 4.78 is 7.72. The molecule has 40 heavy (non-hydrogen) atoms. The van der Waals surface area contributed by atoms with Gasteiger partial charge in [-0.1, -0.05) is 49.4 Å². The van der Waals surface area contributed by atoms with Crippen LogP contribution in [0.1, 0.15) is 62.3 Å². The van der Waals surface area contributed by atoms with Gasteiger partial charge in [0.1, 0.15) is 22.8 Å². The van der Waals surface area contributed by atoms with E-state index in [1.54, 1.807) is 12.1 Å². The first-order valence-corrected chi connectivity index (χ1v) is 14.1. The molecule has 0 bridgehead atoms. The number of rotatable bonds is 10. The SMILES string of the molecule is CCCc1nc2ccc(NC(=O)NCCCCl)nc2n1Cc1ccc(-c2ccccc2C(=O)OC(C)(C)C)cc1. The fourth-order valence-electron chi connectivity index (χ4n) is 4.35. The van der Waals surface area contributed by atoms with Crippen molar-refractivity contribution in [1.82, 2.24) is 19.9 Å². The Kier molecular flexibility index (Phi) is 9.42. The van der Waals surface area contributed by atoms with Crippen LogP contribution in [0.5, 0.6) is 0 Å². The van der Waals surface area contributed by atoms with Crippen molar-refractivity contribution in [3.8, 4) is 11.1 Å². The molecule has 0 aliphatic rings. The number of esters is 1. The summed E-state index contributed by atoms with van der Waals surface area (Å²) in [7, 11) is 0. The minimum absolute atomic E-state index is 0.320. The number of pyridine rings is 1. The number of anilines is 1. The largest absolute Gasteiger partial charge is 0.456 e. The Hall–Kier alpha value is -3.91. The highest BCUT2D eigenvalue weighted by molar-refractivity contribution is 6.17. The highest BCUT2D eigenvalue weighted by Gasteiger charge is 2.21. The average Bonchev–Trinajstić information content (AvgIpc) is 3.24. The van der Waals surface area contributed by atoms with Gasteiger partial charge in [0.2, 0.25) is 0 Å². The topological polar surface area (TPSA) is 98.1 Å². The summed E-state index contributed by atoms with van der Waals surface area (Å²) in [5.74, 6) is 1.54. The number of nitrogens with zero attached hydrogens (tertiary/aromatic N) is 3. The Morgan fingerprint density at radius 3 is 2.45 bits per heavy atom. The number of aromatic nitrogens is 3. The van der Waals surface area contributed by atoms with Crippen LogP contribution < -0.4 is 10.6 Å². The molecule has 0 spiro atoms. The summed E-state index contributed by atoms with van der Waals surface area (Å²) in [6, 6.07) is 18.9. The number of nitrogens with one attached hydrogen (secondary N) is 2. The molecule has 4 aromatic rings. The maximum atomic E-state index is 12.8. The van der Waals surface area contributed by atoms with Crippen molar-refractivity contribution in [2.75, 3.05) is 17.7 Å². The molecular weight excluding hydrogens is 526 g/mol. The van der Waals surface area contributed by atoms with E-state index in [1.165, 1.54) is 0 Å². The summed E-state index contributed by atoms with van der Waals surface area (Å²) >= 11 is 5.69. The summed E-state index contributed by atoms with van der Waals surface area (Å²) in [5.41, 5.74) is 4.26. The van der Waals surface area contributed by atoms with Gasteiger partial charge in [0.25, 0.3) is 0 Å². The van der Waals surface area contributed by atoms with Crippen molar-refractivity contribution in [3.05, 3.63) is 77.6 Å². The number of hydrogen-bond donors (Lipinski definition) is 2. The fraction of sp³-hybridized carbons (Fsp3) is 0.355. The quantitative estimate of drug-likeness (QED) is 0.126. The highest BCUT2D eigenvalue weighted by Crippen LogP contribution is 2.27. The van der Waals surface area contributed by atoms with E-state index in [0.29, 0.717) is 42.4 Å². The molecule has 4 rings (SSSR count). The lowest BCUT2D eigenvalue weighted by molar-refractivity contribution is 0.00704. The minimum atomic E-state index is -0.574. The summed E-state index contributed by atoms with van der Waals surface area (Å²) in [6.07, 6.45) is 2.44. The van der Waals surface area contributed by atoms with Gasteiger partial charge in [0.15, 0.2) is 5.65 Å². The number of aryl methyl sites for hydroxylation is 1. The third-order valence-corrected chi connectivity index (χ3v) is 6.40. The second-order valence-corrected chi connectivity index (χ2v) is 10.9. The molecule has 8 nitrogen and oxygen atoms in total. The standard InChI is InChI=1S/C31H36ClN5O3/c1-5-9-27-34-25-16-17-26(36-30(39)33-19-8-18-32)35-28(25)37(27)20-21-12-14-22(15-13-21)23-10-6-7-11-24(23)29(38)40-31(2,3)4/h6-7,10-17H,5,8-9,18-20H2,1-4H3,(H2,33,35,36,39). The van der Waals surface area contributed by atoms with Gasteiger partial charge in [-0.15, -0.1) is 11.6 Å². The van der Waals surface area contributed by atoms with Crippen molar-refractivity contribution < 1.29 is 14.3 Å². The lowest BCUT2D eigenvalue weighted by Crippen LogP contribution is -2.30. The van der Waals surface area contributed by atoms with E-state index >= 15 is 0 Å². The Labute approximate surface area is 240 Å². The van der Waals surface area contributed by atoms with Gasteiger partial charge in [-0.2, -0.15) is 0 Å². The monoisotopic (exact) mass is 561 g/mol. The molecule has 0 aliphatic carbocycles. The van der Waals surface area contributed by atoms with Crippen LogP contribution in [0.15, 0.2) is 60.7 Å². The maximum Gasteiger partial charge on any atom is 0.339 e. The first-order chi connectivity index (χ1) is 19.2. The molecule has 0 saturated heterocycles. The van der Waals surface area contributed by atoms with Gasteiger partial charge in [-0.25, -0.2) is 19.6 Å². The summed E-state index contributed by atoms with van der Waals surface area (Å²) in [6.45, 7) is 8.76. The zero-order chi connectivity index (χ0) is 28.7. The number of hydrogen-bond acceptors (Lipinski definition) is 5. The Bertz CT molecular complexity index is 1470. The fourth-order valence-corrected chi connectivity index (χ4v) is 4.48. The molecule has 210 valence electrons. The zero-order valence-electron chi connectivity index (χ0n) is 23.5. The van der Waals surface area contributed by atoms with Crippen molar-refractivity contribution >= 4 is 40.6 Å². The Morgan fingerprint density at radius 2 is 1.75 bits per heavy atom. The van der Waals surface area contributed by atoms with Gasteiger partial charge in [-0.3, -0.25) is 5.32 Å². The third kappa shape index (κ3) is 7.39. The van der Waals surface area contributed by atoms with Crippen molar-refractivity contribution in [2.45, 2.75) is 59.1 Å². The number of amides is 2. The predicted molar refractivity (Wildman–Crippen MR) is 160 cm³/mol. The van der Waals surface area contributed by atoms with Crippen LogP contribution in [0, 0.1) is 0 Å². The number of urea groups is 1. The number of carbonyl (C=O) groups is 2. The van der Waals surface area contributed by atoms with E-state index < -0.39 is 5.60 Å². The molecule has 0 unspecified atom stereocenters. The molecule has 0 saturated carbocycles. The lowest BCUT2D eigenvalue weighted by atomic mass is 9.98. The highest BCUT2D eigenvalue weighted by atomic mass is 35.5. The molecule has 2 aromatic heterocycles. The van der Waals surface area contributed by atoms with E-state index in [2.05, 4.69) is 34.3 Å². The molecule has 2 heterocycles. The second kappa shape index (κ2) is 13.0. The number of fused-ring (bicyclic) bond motifs is 1. The molecule has 9 heteroatoms. The van der Waals surface area contributed by atoms with Gasteiger partial charge in [0.05, 0.1) is 12.1 Å². The van der Waals surface area contributed by atoms with Gasteiger partial charge < -0.3 is 14.6 Å². The second-order valence-electron chi connectivity index (χ2n) is 10.6. The third-order valence-electron chi connectivity index (χ3n) is 6.13. The van der Waals surface area contributed by atoms with Crippen LogP contribution >= 0.6 is 11.6 Å². The van der Waals surface area contributed by atoms with Crippen molar-refractivity contribution in [1.29, 1.82) is 0 Å². The van der Waals surface area contributed by atoms with Crippen LogP contribution in [0.25, 0.3) is 22.3 Å². The van der Waals surface area contributed by atoms with Gasteiger partial charge in [0, 0.05) is 18.8 Å². The number of ether oxygens (including phenoxy) is 1. The number of halogens is 1. The zero-order valence-corrected chi connectivity index (χ0v) is 24.2. The Morgan fingerprint density at radius 1 is 1.00 bits per heavy atom. The molecule has 2 aromatic carbocycles. The van der Waals surface area contributed by atoms with E-state index in [9.17, 15) is 9.59 Å². The number of alkyl halides is 1.